The molecule has 0 atom stereocenters. The van der Waals surface area contributed by atoms with Gasteiger partial charge in [-0.05, 0) is 48.5 Å². The SMILES string of the molecule is O=C(O)c1cccc(NC(=O)c2cccc(NC(=O)c3ccc(Cl)s3)c2)c1. The molecular weight excluding hydrogens is 388 g/mol. The average Bonchev–Trinajstić information content (AvgIpc) is 3.09. The van der Waals surface area contributed by atoms with Crippen LogP contribution in [0, 0.1) is 0 Å². The number of carboxylic acids is 1. The molecule has 0 spiro atoms. The number of rotatable bonds is 5. The first kappa shape index (κ1) is 18.6. The molecule has 8 heteroatoms. The predicted octanol–water partition coefficient (Wildman–Crippen LogP) is 4.60. The molecule has 0 aliphatic carbocycles. The topological polar surface area (TPSA) is 95.5 Å². The van der Waals surface area contributed by atoms with Crippen LogP contribution in [0.3, 0.4) is 0 Å². The molecule has 3 rings (SSSR count). The fourth-order valence-electron chi connectivity index (χ4n) is 2.30. The molecule has 0 fully saturated rings. The maximum atomic E-state index is 12.4. The summed E-state index contributed by atoms with van der Waals surface area (Å²) in [6, 6.07) is 15.6. The van der Waals surface area contributed by atoms with E-state index in [4.69, 9.17) is 16.7 Å². The van der Waals surface area contributed by atoms with E-state index >= 15 is 0 Å². The number of carbonyl (C=O) groups is 3. The van der Waals surface area contributed by atoms with Crippen molar-refractivity contribution in [1.82, 2.24) is 0 Å². The summed E-state index contributed by atoms with van der Waals surface area (Å²) in [4.78, 5) is 36.1. The monoisotopic (exact) mass is 400 g/mol. The molecule has 1 aromatic heterocycles. The van der Waals surface area contributed by atoms with E-state index in [1.165, 1.54) is 18.2 Å². The Balaban J connectivity index is 1.73. The third-order valence-corrected chi connectivity index (χ3v) is 4.78. The van der Waals surface area contributed by atoms with Gasteiger partial charge in [-0.3, -0.25) is 9.59 Å². The molecular formula is C19H13ClN2O4S. The summed E-state index contributed by atoms with van der Waals surface area (Å²) in [5.74, 6) is -1.82. The van der Waals surface area contributed by atoms with Crippen LogP contribution in [0.4, 0.5) is 11.4 Å². The molecule has 2 amide bonds. The van der Waals surface area contributed by atoms with Crippen molar-refractivity contribution < 1.29 is 19.5 Å². The first-order valence-corrected chi connectivity index (χ1v) is 8.93. The number of hydrogen-bond donors (Lipinski definition) is 3. The second-order valence-corrected chi connectivity index (χ2v) is 7.19. The Morgan fingerprint density at radius 2 is 1.41 bits per heavy atom. The van der Waals surface area contributed by atoms with Crippen LogP contribution < -0.4 is 10.6 Å². The minimum atomic E-state index is -1.08. The van der Waals surface area contributed by atoms with Gasteiger partial charge < -0.3 is 15.7 Å². The fourth-order valence-corrected chi connectivity index (χ4v) is 3.24. The molecule has 136 valence electrons. The molecule has 3 N–H and O–H groups in total. The summed E-state index contributed by atoms with van der Waals surface area (Å²) in [7, 11) is 0. The van der Waals surface area contributed by atoms with Crippen molar-refractivity contribution in [2.75, 3.05) is 10.6 Å². The lowest BCUT2D eigenvalue weighted by atomic mass is 10.1. The number of halogens is 1. The van der Waals surface area contributed by atoms with Crippen LogP contribution in [-0.4, -0.2) is 22.9 Å². The molecule has 27 heavy (non-hydrogen) atoms. The third kappa shape index (κ3) is 4.72. The van der Waals surface area contributed by atoms with Gasteiger partial charge in [0.1, 0.15) is 0 Å². The second-order valence-electron chi connectivity index (χ2n) is 5.48. The van der Waals surface area contributed by atoms with Crippen molar-refractivity contribution in [2.24, 2.45) is 0 Å². The van der Waals surface area contributed by atoms with E-state index in [1.807, 2.05) is 0 Å². The smallest absolute Gasteiger partial charge is 0.335 e. The highest BCUT2D eigenvalue weighted by atomic mass is 35.5. The molecule has 0 saturated heterocycles. The number of thiophene rings is 1. The Labute approximate surface area is 163 Å². The van der Waals surface area contributed by atoms with Crippen molar-refractivity contribution in [3.63, 3.8) is 0 Å². The summed E-state index contributed by atoms with van der Waals surface area (Å²) in [5.41, 5.74) is 1.21. The molecule has 3 aromatic rings. The van der Waals surface area contributed by atoms with Crippen LogP contribution in [-0.2, 0) is 0 Å². The van der Waals surface area contributed by atoms with E-state index in [9.17, 15) is 14.4 Å². The third-order valence-electron chi connectivity index (χ3n) is 3.55. The quantitative estimate of drug-likeness (QED) is 0.583. The minimum absolute atomic E-state index is 0.0726. The zero-order valence-corrected chi connectivity index (χ0v) is 15.3. The molecule has 6 nitrogen and oxygen atoms in total. The highest BCUT2D eigenvalue weighted by Crippen LogP contribution is 2.23. The molecule has 0 radical (unpaired) electrons. The van der Waals surface area contributed by atoms with E-state index in [0.717, 1.165) is 11.3 Å². The minimum Gasteiger partial charge on any atom is -0.478 e. The lowest BCUT2D eigenvalue weighted by molar-refractivity contribution is 0.0696. The summed E-state index contributed by atoms with van der Waals surface area (Å²) >= 11 is 6.99. The lowest BCUT2D eigenvalue weighted by Gasteiger charge is -2.08. The van der Waals surface area contributed by atoms with E-state index in [0.29, 0.717) is 26.2 Å². The van der Waals surface area contributed by atoms with Crippen molar-refractivity contribution in [3.05, 3.63) is 81.0 Å². The number of anilines is 2. The second kappa shape index (κ2) is 8.03. The van der Waals surface area contributed by atoms with E-state index < -0.39 is 11.9 Å². The van der Waals surface area contributed by atoms with Crippen molar-refractivity contribution in [2.45, 2.75) is 0 Å². The zero-order chi connectivity index (χ0) is 19.4. The van der Waals surface area contributed by atoms with Crippen LogP contribution in [0.2, 0.25) is 4.34 Å². The van der Waals surface area contributed by atoms with Gasteiger partial charge in [0.05, 0.1) is 14.8 Å². The molecule has 0 aliphatic rings. The predicted molar refractivity (Wildman–Crippen MR) is 105 cm³/mol. The Morgan fingerprint density at radius 3 is 2.00 bits per heavy atom. The number of nitrogens with one attached hydrogen (secondary N) is 2. The zero-order valence-electron chi connectivity index (χ0n) is 13.7. The van der Waals surface area contributed by atoms with Gasteiger partial charge in [0.15, 0.2) is 0 Å². The summed E-state index contributed by atoms with van der Waals surface area (Å²) in [6.45, 7) is 0. The van der Waals surface area contributed by atoms with Crippen molar-refractivity contribution in [3.8, 4) is 0 Å². The van der Waals surface area contributed by atoms with Gasteiger partial charge in [0.2, 0.25) is 0 Å². The molecule has 0 saturated carbocycles. The van der Waals surface area contributed by atoms with Crippen molar-refractivity contribution in [1.29, 1.82) is 0 Å². The largest absolute Gasteiger partial charge is 0.478 e. The Kier molecular flexibility index (Phi) is 5.54. The van der Waals surface area contributed by atoms with E-state index in [2.05, 4.69) is 10.6 Å². The van der Waals surface area contributed by atoms with E-state index in [-0.39, 0.29) is 11.5 Å². The summed E-state index contributed by atoms with van der Waals surface area (Å²) in [5, 5.41) is 14.4. The number of carboxylic acid groups (broad SMARTS) is 1. The number of amides is 2. The van der Waals surface area contributed by atoms with Gasteiger partial charge in [0.25, 0.3) is 11.8 Å². The summed E-state index contributed by atoms with van der Waals surface area (Å²) < 4.78 is 0.511. The number of aromatic carboxylic acids is 1. The highest BCUT2D eigenvalue weighted by molar-refractivity contribution is 7.18. The molecule has 1 heterocycles. The van der Waals surface area contributed by atoms with Gasteiger partial charge >= 0.3 is 5.97 Å². The van der Waals surface area contributed by atoms with Gasteiger partial charge in [-0.15, -0.1) is 11.3 Å². The van der Waals surface area contributed by atoms with Gasteiger partial charge in [-0.1, -0.05) is 23.7 Å². The maximum Gasteiger partial charge on any atom is 0.335 e. The lowest BCUT2D eigenvalue weighted by Crippen LogP contribution is -2.14. The van der Waals surface area contributed by atoms with Crippen molar-refractivity contribution >= 4 is 52.1 Å². The average molecular weight is 401 g/mol. The number of benzene rings is 2. The molecule has 2 aromatic carbocycles. The van der Waals surface area contributed by atoms with Gasteiger partial charge in [0, 0.05) is 16.9 Å². The first-order chi connectivity index (χ1) is 12.9. The molecule has 0 unspecified atom stereocenters. The highest BCUT2D eigenvalue weighted by Gasteiger charge is 2.12. The standard InChI is InChI=1S/C19H13ClN2O4S/c20-16-8-7-15(27-16)18(24)22-13-5-1-3-11(9-13)17(23)21-14-6-2-4-12(10-14)19(25)26/h1-10H,(H,21,23)(H,22,24)(H,25,26). The van der Waals surface area contributed by atoms with Crippen LogP contribution in [0.15, 0.2) is 60.7 Å². The first-order valence-electron chi connectivity index (χ1n) is 7.74. The normalized spacial score (nSPS) is 10.3. The maximum absolute atomic E-state index is 12.4. The van der Waals surface area contributed by atoms with E-state index in [1.54, 1.807) is 42.5 Å². The fraction of sp³-hybridized carbons (Fsp3) is 0. The van der Waals surface area contributed by atoms with Crippen LogP contribution in [0.5, 0.6) is 0 Å². The Bertz CT molecular complexity index is 1030. The van der Waals surface area contributed by atoms with Crippen LogP contribution in [0.25, 0.3) is 0 Å². The molecule has 0 bridgehead atoms. The van der Waals surface area contributed by atoms with Gasteiger partial charge in [-0.25, -0.2) is 4.79 Å². The Morgan fingerprint density at radius 1 is 0.815 bits per heavy atom. The molecule has 0 aliphatic heterocycles. The van der Waals surface area contributed by atoms with Gasteiger partial charge in [-0.2, -0.15) is 0 Å². The van der Waals surface area contributed by atoms with Crippen LogP contribution in [0.1, 0.15) is 30.4 Å². The van der Waals surface area contributed by atoms with Crippen LogP contribution >= 0.6 is 22.9 Å². The number of carbonyl (C=O) groups excluding carboxylic acids is 2. The summed E-state index contributed by atoms with van der Waals surface area (Å²) in [6.07, 6.45) is 0. The Hall–Kier alpha value is -3.16. The number of hydrogen-bond acceptors (Lipinski definition) is 4.